The Bertz CT molecular complexity index is 946. The van der Waals surface area contributed by atoms with Gasteiger partial charge in [-0.05, 0) is 45.7 Å². The van der Waals surface area contributed by atoms with E-state index >= 15 is 0 Å². The van der Waals surface area contributed by atoms with Crippen molar-refractivity contribution >= 4 is 23.0 Å². The van der Waals surface area contributed by atoms with Crippen LogP contribution in [0, 0.1) is 0 Å². The smallest absolute Gasteiger partial charge is 0.343 e. The van der Waals surface area contributed by atoms with Crippen LogP contribution >= 0.6 is 0 Å². The van der Waals surface area contributed by atoms with E-state index in [1.54, 1.807) is 19.3 Å². The number of carbonyl (C=O) groups excluding carboxylic acids is 1. The van der Waals surface area contributed by atoms with Gasteiger partial charge in [-0.1, -0.05) is 19.3 Å². The highest BCUT2D eigenvalue weighted by atomic mass is 16.5. The van der Waals surface area contributed by atoms with Crippen LogP contribution in [0.4, 0.5) is 5.95 Å². The number of fused-ring (bicyclic) bond motifs is 1. The zero-order valence-electron chi connectivity index (χ0n) is 17.7. The summed E-state index contributed by atoms with van der Waals surface area (Å²) < 4.78 is 7.12. The first kappa shape index (κ1) is 20.8. The van der Waals surface area contributed by atoms with Crippen molar-refractivity contribution in [3.05, 3.63) is 28.2 Å². The topological polar surface area (TPSA) is 89.3 Å². The molecule has 2 aromatic heterocycles. The number of nitrogens with one attached hydrogen (secondary N) is 1. The minimum Gasteiger partial charge on any atom is -0.462 e. The molecule has 0 aromatic carbocycles. The Balaban J connectivity index is 1.66. The molecule has 1 saturated heterocycles. The lowest BCUT2D eigenvalue weighted by Crippen LogP contribution is -2.27. The van der Waals surface area contributed by atoms with Crippen LogP contribution in [0.1, 0.15) is 68.3 Å². The number of esters is 1. The number of anilines is 1. The zero-order valence-corrected chi connectivity index (χ0v) is 17.7. The molecular weight excluding hydrogens is 382 g/mol. The number of hydrogen-bond donors (Lipinski definition) is 1. The number of hydrogen-bond acceptors (Lipinski definition) is 7. The molecule has 162 valence electrons. The average Bonchev–Trinajstić information content (AvgIpc) is 3.28. The summed E-state index contributed by atoms with van der Waals surface area (Å²) >= 11 is 0. The number of nitrogens with zero attached hydrogens (tertiary/aromatic N) is 4. The second-order valence-electron chi connectivity index (χ2n) is 8.20. The van der Waals surface area contributed by atoms with Gasteiger partial charge >= 0.3 is 5.97 Å². The van der Waals surface area contributed by atoms with Crippen LogP contribution in [0.2, 0.25) is 0 Å². The second kappa shape index (κ2) is 9.55. The van der Waals surface area contributed by atoms with Gasteiger partial charge in [0.25, 0.3) is 0 Å². The molecule has 0 radical (unpaired) electrons. The van der Waals surface area contributed by atoms with Crippen LogP contribution < -0.4 is 10.7 Å². The number of rotatable bonds is 7. The molecule has 0 spiro atoms. The average molecular weight is 414 g/mol. The summed E-state index contributed by atoms with van der Waals surface area (Å²) in [5.41, 5.74) is 0.297. The van der Waals surface area contributed by atoms with Gasteiger partial charge in [-0.25, -0.2) is 9.78 Å². The lowest BCUT2D eigenvalue weighted by molar-refractivity contribution is 0.0524. The third kappa shape index (κ3) is 4.48. The number of aromatic nitrogens is 3. The largest absolute Gasteiger partial charge is 0.462 e. The third-order valence-electron chi connectivity index (χ3n) is 6.14. The maximum Gasteiger partial charge on any atom is 0.343 e. The molecule has 2 aromatic rings. The van der Waals surface area contributed by atoms with Gasteiger partial charge in [0, 0.05) is 31.5 Å². The van der Waals surface area contributed by atoms with Crippen LogP contribution in [0.25, 0.3) is 11.0 Å². The highest BCUT2D eigenvalue weighted by Gasteiger charge is 2.23. The van der Waals surface area contributed by atoms with Crippen LogP contribution in [-0.2, 0) is 4.74 Å². The minimum atomic E-state index is -0.582. The monoisotopic (exact) mass is 413 g/mol. The molecule has 1 saturated carbocycles. The summed E-state index contributed by atoms with van der Waals surface area (Å²) in [6.45, 7) is 5.99. The molecule has 3 heterocycles. The van der Waals surface area contributed by atoms with Gasteiger partial charge in [0.1, 0.15) is 11.2 Å². The molecule has 1 aliphatic carbocycles. The Kier molecular flexibility index (Phi) is 6.62. The van der Waals surface area contributed by atoms with Crippen molar-refractivity contribution in [2.75, 3.05) is 38.1 Å². The van der Waals surface area contributed by atoms with E-state index in [1.165, 1.54) is 19.3 Å². The maximum atomic E-state index is 13.0. The second-order valence-corrected chi connectivity index (χ2v) is 8.20. The fourth-order valence-electron chi connectivity index (χ4n) is 4.54. The molecule has 30 heavy (non-hydrogen) atoms. The van der Waals surface area contributed by atoms with Crippen LogP contribution in [0.5, 0.6) is 0 Å². The molecule has 8 nitrogen and oxygen atoms in total. The Labute approximate surface area is 176 Å². The fourth-order valence-corrected chi connectivity index (χ4v) is 4.54. The zero-order chi connectivity index (χ0) is 20.9. The lowest BCUT2D eigenvalue weighted by atomic mass is 9.95. The first-order valence-electron chi connectivity index (χ1n) is 11.2. The molecule has 1 N–H and O–H groups in total. The molecule has 0 amide bonds. The summed E-state index contributed by atoms with van der Waals surface area (Å²) in [6, 6.07) is 0.224. The highest BCUT2D eigenvalue weighted by molar-refractivity contribution is 5.93. The molecular formula is C22H31N5O3. The predicted octanol–water partition coefficient (Wildman–Crippen LogP) is 2.98. The standard InChI is InChI=1S/C22H31N5O3/c1-2-30-21(29)18-15-27(16-8-4-3-5-9-16)20-17(19(18)28)14-24-22(25-20)23-10-13-26-11-6-7-12-26/h14-16H,2-13H2,1H3,(H,23,24,25). The number of ether oxygens (including phenoxy) is 1. The Morgan fingerprint density at radius 1 is 1.20 bits per heavy atom. The quantitative estimate of drug-likeness (QED) is 0.698. The molecule has 2 fully saturated rings. The summed E-state index contributed by atoms with van der Waals surface area (Å²) in [5, 5.41) is 3.67. The van der Waals surface area contributed by atoms with Gasteiger partial charge < -0.3 is 19.5 Å². The van der Waals surface area contributed by atoms with E-state index < -0.39 is 5.97 Å². The van der Waals surface area contributed by atoms with Crippen molar-refractivity contribution in [1.29, 1.82) is 0 Å². The van der Waals surface area contributed by atoms with Gasteiger partial charge in [0.15, 0.2) is 0 Å². The van der Waals surface area contributed by atoms with Crippen LogP contribution in [0.15, 0.2) is 17.2 Å². The van der Waals surface area contributed by atoms with E-state index in [4.69, 9.17) is 9.72 Å². The predicted molar refractivity (Wildman–Crippen MR) is 116 cm³/mol. The molecule has 2 aliphatic rings. The van der Waals surface area contributed by atoms with Crippen molar-refractivity contribution in [3.63, 3.8) is 0 Å². The number of carbonyl (C=O) groups is 1. The Morgan fingerprint density at radius 3 is 2.70 bits per heavy atom. The molecule has 0 bridgehead atoms. The molecule has 0 unspecified atom stereocenters. The lowest BCUT2D eigenvalue weighted by Gasteiger charge is -2.26. The van der Waals surface area contributed by atoms with Crippen molar-refractivity contribution in [2.45, 2.75) is 57.9 Å². The van der Waals surface area contributed by atoms with Crippen molar-refractivity contribution < 1.29 is 9.53 Å². The molecule has 0 atom stereocenters. The Morgan fingerprint density at radius 2 is 1.97 bits per heavy atom. The van der Waals surface area contributed by atoms with E-state index in [9.17, 15) is 9.59 Å². The van der Waals surface area contributed by atoms with Gasteiger partial charge in [0.2, 0.25) is 11.4 Å². The summed E-state index contributed by atoms with van der Waals surface area (Å²) in [6.07, 6.45) is 11.3. The van der Waals surface area contributed by atoms with Crippen LogP contribution in [0.3, 0.4) is 0 Å². The highest BCUT2D eigenvalue weighted by Crippen LogP contribution is 2.30. The van der Waals surface area contributed by atoms with Crippen molar-refractivity contribution in [1.82, 2.24) is 19.4 Å². The number of likely N-dealkylation sites (tertiary alicyclic amines) is 1. The molecule has 4 rings (SSSR count). The summed E-state index contributed by atoms with van der Waals surface area (Å²) in [5.74, 6) is -0.0590. The fraction of sp³-hybridized carbons (Fsp3) is 0.636. The van der Waals surface area contributed by atoms with E-state index in [-0.39, 0.29) is 23.6 Å². The molecule has 1 aliphatic heterocycles. The van der Waals surface area contributed by atoms with E-state index in [0.717, 1.165) is 51.9 Å². The van der Waals surface area contributed by atoms with Crippen molar-refractivity contribution in [2.24, 2.45) is 0 Å². The van der Waals surface area contributed by atoms with E-state index in [1.807, 2.05) is 4.57 Å². The minimum absolute atomic E-state index is 0.0632. The maximum absolute atomic E-state index is 13.0. The Hall–Kier alpha value is -2.48. The first-order valence-corrected chi connectivity index (χ1v) is 11.2. The first-order chi connectivity index (χ1) is 14.7. The van der Waals surface area contributed by atoms with Gasteiger partial charge in [-0.15, -0.1) is 0 Å². The normalized spacial score (nSPS) is 18.0. The van der Waals surface area contributed by atoms with Gasteiger partial charge in [-0.2, -0.15) is 4.98 Å². The van der Waals surface area contributed by atoms with E-state index in [0.29, 0.717) is 17.0 Å². The number of pyridine rings is 1. The summed E-state index contributed by atoms with van der Waals surface area (Å²) in [4.78, 5) is 36.8. The van der Waals surface area contributed by atoms with Crippen molar-refractivity contribution in [3.8, 4) is 0 Å². The van der Waals surface area contributed by atoms with Gasteiger partial charge in [0.05, 0.1) is 12.0 Å². The molecule has 8 heteroatoms. The SMILES string of the molecule is CCOC(=O)c1cn(C2CCCCC2)c2nc(NCCN3CCCC3)ncc2c1=O. The van der Waals surface area contributed by atoms with E-state index in [2.05, 4.69) is 15.2 Å². The third-order valence-corrected chi connectivity index (χ3v) is 6.14. The summed E-state index contributed by atoms with van der Waals surface area (Å²) in [7, 11) is 0. The van der Waals surface area contributed by atoms with Gasteiger partial charge in [-0.3, -0.25) is 4.79 Å². The van der Waals surface area contributed by atoms with Crippen LogP contribution in [-0.4, -0.2) is 58.2 Å².